The molecule has 0 unspecified atom stereocenters. The first-order chi connectivity index (χ1) is 9.24. The number of fused-ring (bicyclic) bond motifs is 1. The standard InChI is InChI=1S/C16H14ClNO/c17-13-8-6-11-7-9-15(14(11)10-13)18-16(19)12-4-2-1-3-5-12/h1-6,8,10,15H,7,9H2,(H,18,19)/t15-/m1/s1. The number of aryl methyl sites for hydroxylation is 1. The summed E-state index contributed by atoms with van der Waals surface area (Å²) in [7, 11) is 0. The highest BCUT2D eigenvalue weighted by atomic mass is 35.5. The lowest BCUT2D eigenvalue weighted by molar-refractivity contribution is 0.0936. The van der Waals surface area contributed by atoms with Crippen molar-refractivity contribution in [2.24, 2.45) is 0 Å². The zero-order valence-electron chi connectivity index (χ0n) is 10.4. The Hall–Kier alpha value is -1.80. The number of halogens is 1. The van der Waals surface area contributed by atoms with Crippen molar-refractivity contribution in [3.8, 4) is 0 Å². The minimum absolute atomic E-state index is 0.0292. The van der Waals surface area contributed by atoms with E-state index in [4.69, 9.17) is 11.6 Å². The first kappa shape index (κ1) is 12.2. The predicted octanol–water partition coefficient (Wildman–Crippen LogP) is 3.76. The van der Waals surface area contributed by atoms with Crippen LogP contribution in [0.3, 0.4) is 0 Å². The molecule has 2 aromatic carbocycles. The van der Waals surface area contributed by atoms with Gasteiger partial charge in [0.2, 0.25) is 0 Å². The van der Waals surface area contributed by atoms with Crippen LogP contribution in [0.2, 0.25) is 5.02 Å². The van der Waals surface area contributed by atoms with Crippen LogP contribution in [0.25, 0.3) is 0 Å². The second-order valence-corrected chi connectivity index (χ2v) is 5.21. The number of carbonyl (C=O) groups is 1. The number of rotatable bonds is 2. The topological polar surface area (TPSA) is 29.1 Å². The summed E-state index contributed by atoms with van der Waals surface area (Å²) in [6, 6.07) is 15.3. The van der Waals surface area contributed by atoms with Gasteiger partial charge in [0.1, 0.15) is 0 Å². The Bertz CT molecular complexity index is 609. The third-order valence-electron chi connectivity index (χ3n) is 3.53. The molecule has 0 aromatic heterocycles. The van der Waals surface area contributed by atoms with Crippen molar-refractivity contribution in [1.82, 2.24) is 5.32 Å². The highest BCUT2D eigenvalue weighted by Crippen LogP contribution is 2.33. The summed E-state index contributed by atoms with van der Waals surface area (Å²) in [6.45, 7) is 0. The molecule has 1 aliphatic rings. The minimum Gasteiger partial charge on any atom is -0.345 e. The van der Waals surface area contributed by atoms with Crippen LogP contribution in [0, 0.1) is 0 Å². The predicted molar refractivity (Wildman–Crippen MR) is 76.4 cm³/mol. The molecule has 1 amide bonds. The van der Waals surface area contributed by atoms with Crippen molar-refractivity contribution >= 4 is 17.5 Å². The quantitative estimate of drug-likeness (QED) is 0.885. The van der Waals surface area contributed by atoms with Gasteiger partial charge in [0.05, 0.1) is 6.04 Å². The second kappa shape index (κ2) is 5.06. The van der Waals surface area contributed by atoms with Crippen LogP contribution in [0.1, 0.15) is 33.9 Å². The molecule has 0 aliphatic heterocycles. The van der Waals surface area contributed by atoms with Crippen LogP contribution in [0.5, 0.6) is 0 Å². The Balaban J connectivity index is 1.80. The van der Waals surface area contributed by atoms with E-state index in [2.05, 4.69) is 5.32 Å². The molecule has 0 heterocycles. The molecule has 2 nitrogen and oxygen atoms in total. The van der Waals surface area contributed by atoms with E-state index in [-0.39, 0.29) is 11.9 Å². The normalized spacial score (nSPS) is 17.0. The summed E-state index contributed by atoms with van der Waals surface area (Å²) < 4.78 is 0. The highest BCUT2D eigenvalue weighted by molar-refractivity contribution is 6.30. The van der Waals surface area contributed by atoms with E-state index in [1.54, 1.807) is 0 Å². The van der Waals surface area contributed by atoms with Crippen molar-refractivity contribution in [2.75, 3.05) is 0 Å². The number of hydrogen-bond donors (Lipinski definition) is 1. The SMILES string of the molecule is O=C(N[C@@H]1CCc2ccc(Cl)cc21)c1ccccc1. The van der Waals surface area contributed by atoms with Gasteiger partial charge in [-0.05, 0) is 48.2 Å². The molecule has 0 spiro atoms. The Morgan fingerprint density at radius 3 is 2.74 bits per heavy atom. The molecular formula is C16H14ClNO. The second-order valence-electron chi connectivity index (χ2n) is 4.77. The summed E-state index contributed by atoms with van der Waals surface area (Å²) in [5.74, 6) is -0.0292. The molecule has 3 heteroatoms. The Labute approximate surface area is 117 Å². The number of carbonyl (C=O) groups excluding carboxylic acids is 1. The lowest BCUT2D eigenvalue weighted by Gasteiger charge is -2.14. The van der Waals surface area contributed by atoms with Gasteiger partial charge >= 0.3 is 0 Å². The van der Waals surface area contributed by atoms with Crippen molar-refractivity contribution in [3.05, 3.63) is 70.2 Å². The van der Waals surface area contributed by atoms with Crippen molar-refractivity contribution in [2.45, 2.75) is 18.9 Å². The molecule has 0 radical (unpaired) electrons. The maximum Gasteiger partial charge on any atom is 0.251 e. The molecule has 3 rings (SSSR count). The maximum absolute atomic E-state index is 12.2. The van der Waals surface area contributed by atoms with Gasteiger partial charge in [-0.25, -0.2) is 0 Å². The van der Waals surface area contributed by atoms with Gasteiger partial charge in [-0.15, -0.1) is 0 Å². The van der Waals surface area contributed by atoms with Gasteiger partial charge in [0.25, 0.3) is 5.91 Å². The van der Waals surface area contributed by atoms with Crippen molar-refractivity contribution in [1.29, 1.82) is 0 Å². The lowest BCUT2D eigenvalue weighted by atomic mass is 10.1. The Morgan fingerprint density at radius 1 is 1.16 bits per heavy atom. The van der Waals surface area contributed by atoms with Crippen LogP contribution in [0.4, 0.5) is 0 Å². The smallest absolute Gasteiger partial charge is 0.251 e. The van der Waals surface area contributed by atoms with E-state index in [9.17, 15) is 4.79 Å². The summed E-state index contributed by atoms with van der Waals surface area (Å²) in [4.78, 5) is 12.2. The van der Waals surface area contributed by atoms with Crippen LogP contribution in [-0.2, 0) is 6.42 Å². The third-order valence-corrected chi connectivity index (χ3v) is 3.76. The van der Waals surface area contributed by atoms with Crippen LogP contribution < -0.4 is 5.32 Å². The van der Waals surface area contributed by atoms with Gasteiger partial charge in [0, 0.05) is 10.6 Å². The molecule has 0 saturated heterocycles. The molecule has 96 valence electrons. The van der Waals surface area contributed by atoms with Gasteiger partial charge in [0.15, 0.2) is 0 Å². The molecule has 0 fully saturated rings. The number of hydrogen-bond acceptors (Lipinski definition) is 1. The molecule has 19 heavy (non-hydrogen) atoms. The highest BCUT2D eigenvalue weighted by Gasteiger charge is 2.24. The fourth-order valence-corrected chi connectivity index (χ4v) is 2.73. The largest absolute Gasteiger partial charge is 0.345 e. The lowest BCUT2D eigenvalue weighted by Crippen LogP contribution is -2.27. The van der Waals surface area contributed by atoms with Gasteiger partial charge in [-0.3, -0.25) is 4.79 Å². The monoisotopic (exact) mass is 271 g/mol. The minimum atomic E-state index is -0.0292. The summed E-state index contributed by atoms with van der Waals surface area (Å²) in [5.41, 5.74) is 3.12. The van der Waals surface area contributed by atoms with Crippen LogP contribution in [0.15, 0.2) is 48.5 Å². The van der Waals surface area contributed by atoms with E-state index < -0.39 is 0 Å². The van der Waals surface area contributed by atoms with E-state index in [0.717, 1.165) is 23.4 Å². The fraction of sp³-hybridized carbons (Fsp3) is 0.188. The molecule has 1 N–H and O–H groups in total. The van der Waals surface area contributed by atoms with Gasteiger partial charge in [-0.1, -0.05) is 35.9 Å². The summed E-state index contributed by atoms with van der Waals surface area (Å²) in [5, 5.41) is 3.80. The van der Waals surface area contributed by atoms with Crippen molar-refractivity contribution < 1.29 is 4.79 Å². The number of benzene rings is 2. The Kier molecular flexibility index (Phi) is 3.26. The zero-order valence-corrected chi connectivity index (χ0v) is 11.2. The molecular weight excluding hydrogens is 258 g/mol. The molecule has 0 bridgehead atoms. The Morgan fingerprint density at radius 2 is 1.95 bits per heavy atom. The first-order valence-electron chi connectivity index (χ1n) is 6.38. The number of nitrogens with one attached hydrogen (secondary N) is 1. The number of amides is 1. The average molecular weight is 272 g/mol. The van der Waals surface area contributed by atoms with Crippen LogP contribution in [-0.4, -0.2) is 5.91 Å². The van der Waals surface area contributed by atoms with Gasteiger partial charge < -0.3 is 5.32 Å². The van der Waals surface area contributed by atoms with Crippen molar-refractivity contribution in [3.63, 3.8) is 0 Å². The fourth-order valence-electron chi connectivity index (χ4n) is 2.55. The van der Waals surface area contributed by atoms with E-state index in [0.29, 0.717) is 5.56 Å². The third kappa shape index (κ3) is 2.49. The average Bonchev–Trinajstić information content (AvgIpc) is 2.82. The van der Waals surface area contributed by atoms with Gasteiger partial charge in [-0.2, -0.15) is 0 Å². The van der Waals surface area contributed by atoms with E-state index in [1.807, 2.05) is 48.5 Å². The molecule has 1 atom stereocenters. The van der Waals surface area contributed by atoms with E-state index in [1.165, 1.54) is 5.56 Å². The zero-order chi connectivity index (χ0) is 13.2. The van der Waals surface area contributed by atoms with E-state index >= 15 is 0 Å². The van der Waals surface area contributed by atoms with Crippen LogP contribution >= 0.6 is 11.6 Å². The summed E-state index contributed by atoms with van der Waals surface area (Å²) in [6.07, 6.45) is 1.93. The first-order valence-corrected chi connectivity index (χ1v) is 6.76. The molecule has 1 aliphatic carbocycles. The maximum atomic E-state index is 12.2. The summed E-state index contributed by atoms with van der Waals surface area (Å²) >= 11 is 6.03. The molecule has 0 saturated carbocycles. The molecule has 2 aromatic rings.